The second-order valence-electron chi connectivity index (χ2n) is 15.4. The Morgan fingerprint density at radius 2 is 1.52 bits per heavy atom. The van der Waals surface area contributed by atoms with Crippen LogP contribution in [0.25, 0.3) is 11.1 Å². The van der Waals surface area contributed by atoms with Crippen molar-refractivity contribution >= 4 is 35.5 Å². The van der Waals surface area contributed by atoms with Crippen LogP contribution in [-0.2, 0) is 36.8 Å². The first kappa shape index (κ1) is 49.9. The number of aliphatic carboxylic acids is 1. The summed E-state index contributed by atoms with van der Waals surface area (Å²) in [6.45, 7) is 2.63. The molecule has 3 aromatic carbocycles. The van der Waals surface area contributed by atoms with Crippen molar-refractivity contribution in [1.29, 1.82) is 5.26 Å². The zero-order chi connectivity index (χ0) is 46.6. The van der Waals surface area contributed by atoms with Crippen LogP contribution in [0.1, 0.15) is 85.5 Å². The van der Waals surface area contributed by atoms with Gasteiger partial charge in [-0.25, -0.2) is 4.79 Å². The maximum absolute atomic E-state index is 14.4. The van der Waals surface area contributed by atoms with E-state index in [4.69, 9.17) is 30.9 Å². The predicted octanol–water partition coefficient (Wildman–Crippen LogP) is 2.51. The zero-order valence-electron chi connectivity index (χ0n) is 36.7. The summed E-state index contributed by atoms with van der Waals surface area (Å²) < 4.78 is 17.6. The van der Waals surface area contributed by atoms with Gasteiger partial charge >= 0.3 is 5.97 Å². The van der Waals surface area contributed by atoms with Gasteiger partial charge in [0.15, 0.2) is 6.61 Å². The molecule has 0 aromatic heterocycles. The van der Waals surface area contributed by atoms with Crippen molar-refractivity contribution in [2.45, 2.75) is 83.3 Å². The summed E-state index contributed by atoms with van der Waals surface area (Å²) in [5.74, 6) is -3.96. The molecule has 344 valence electrons. The fourth-order valence-corrected chi connectivity index (χ4v) is 7.13. The minimum absolute atomic E-state index is 0.00534. The van der Waals surface area contributed by atoms with Gasteiger partial charge < -0.3 is 57.0 Å². The van der Waals surface area contributed by atoms with Gasteiger partial charge in [0.1, 0.15) is 55.1 Å². The molecular formula is C46H60N8O10. The molecule has 2 unspecified atom stereocenters. The number of nitriles is 1. The van der Waals surface area contributed by atoms with Crippen LogP contribution in [0.4, 0.5) is 0 Å². The summed E-state index contributed by atoms with van der Waals surface area (Å²) in [7, 11) is 1.37. The first-order chi connectivity index (χ1) is 30.8. The third kappa shape index (κ3) is 14.4. The highest BCUT2D eigenvalue weighted by atomic mass is 16.5. The summed E-state index contributed by atoms with van der Waals surface area (Å²) in [5, 5.41) is 28.9. The molecule has 3 atom stereocenters. The van der Waals surface area contributed by atoms with Crippen molar-refractivity contribution < 1.29 is 48.1 Å². The van der Waals surface area contributed by atoms with E-state index in [1.807, 2.05) is 6.07 Å². The van der Waals surface area contributed by atoms with Gasteiger partial charge in [0, 0.05) is 37.7 Å². The van der Waals surface area contributed by atoms with Gasteiger partial charge in [-0.1, -0.05) is 57.2 Å². The van der Waals surface area contributed by atoms with E-state index >= 15 is 0 Å². The molecule has 18 heteroatoms. The summed E-state index contributed by atoms with van der Waals surface area (Å²) in [6.07, 6.45) is 7.23. The molecule has 9 N–H and O–H groups in total. The summed E-state index contributed by atoms with van der Waals surface area (Å²) in [5.41, 5.74) is 14.3. The lowest BCUT2D eigenvalue weighted by Gasteiger charge is -2.30. The Labute approximate surface area is 373 Å². The summed E-state index contributed by atoms with van der Waals surface area (Å²) >= 11 is 0. The van der Waals surface area contributed by atoms with E-state index in [-0.39, 0.29) is 50.6 Å². The molecule has 4 rings (SSSR count). The molecule has 18 nitrogen and oxygen atoms in total. The normalized spacial score (nSPS) is 15.9. The van der Waals surface area contributed by atoms with Gasteiger partial charge in [0.2, 0.25) is 23.6 Å². The number of unbranched alkanes of at least 4 members (excludes halogenated alkanes) is 5. The average Bonchev–Trinajstić information content (AvgIpc) is 3.28. The molecule has 0 aliphatic carbocycles. The lowest BCUT2D eigenvalue weighted by molar-refractivity contribution is -0.139. The topological polar surface area (TPSA) is 278 Å². The van der Waals surface area contributed by atoms with Crippen molar-refractivity contribution in [2.24, 2.45) is 11.5 Å². The lowest BCUT2D eigenvalue weighted by Crippen LogP contribution is -2.55. The molecule has 64 heavy (non-hydrogen) atoms. The number of likely N-dealkylation sites (N-methyl/N-ethyl adjacent to an activating group) is 1. The van der Waals surface area contributed by atoms with Crippen molar-refractivity contribution in [3.8, 4) is 34.4 Å². The van der Waals surface area contributed by atoms with Crippen LogP contribution in [-0.4, -0.2) is 111 Å². The van der Waals surface area contributed by atoms with Gasteiger partial charge in [0.05, 0.1) is 18.2 Å². The number of rotatable bonds is 22. The highest BCUT2D eigenvalue weighted by Gasteiger charge is 2.33. The van der Waals surface area contributed by atoms with Crippen LogP contribution < -0.4 is 46.9 Å². The largest absolute Gasteiger partial charge is 0.492 e. The Morgan fingerprint density at radius 3 is 2.19 bits per heavy atom. The maximum Gasteiger partial charge on any atom is 0.341 e. The highest BCUT2D eigenvalue weighted by Crippen LogP contribution is 2.40. The summed E-state index contributed by atoms with van der Waals surface area (Å²) in [6, 6.07) is 13.0. The number of carbonyl (C=O) groups excluding carboxylic acids is 5. The number of hydrogen-bond donors (Lipinski definition) is 7. The van der Waals surface area contributed by atoms with Crippen molar-refractivity contribution in [3.63, 3.8) is 0 Å². The molecule has 1 aliphatic rings. The third-order valence-corrected chi connectivity index (χ3v) is 10.5. The van der Waals surface area contributed by atoms with Gasteiger partial charge in [-0.2, -0.15) is 5.26 Å². The molecule has 0 radical (unpaired) electrons. The van der Waals surface area contributed by atoms with E-state index in [0.717, 1.165) is 42.6 Å². The third-order valence-electron chi connectivity index (χ3n) is 10.5. The van der Waals surface area contributed by atoms with Crippen LogP contribution in [0.5, 0.6) is 17.2 Å². The minimum Gasteiger partial charge on any atom is -0.492 e. The molecule has 0 fully saturated rings. The van der Waals surface area contributed by atoms with E-state index in [0.29, 0.717) is 40.2 Å². The molecular weight excluding hydrogens is 825 g/mol. The fraction of sp³-hybridized carbons (Fsp3) is 0.457. The van der Waals surface area contributed by atoms with Gasteiger partial charge in [-0.3, -0.25) is 24.0 Å². The zero-order valence-corrected chi connectivity index (χ0v) is 36.7. The Morgan fingerprint density at radius 1 is 0.844 bits per heavy atom. The van der Waals surface area contributed by atoms with E-state index in [1.165, 1.54) is 26.5 Å². The van der Waals surface area contributed by atoms with Crippen LogP contribution in [0.2, 0.25) is 0 Å². The molecule has 0 saturated carbocycles. The van der Waals surface area contributed by atoms with Crippen LogP contribution in [0, 0.1) is 11.3 Å². The Balaban J connectivity index is 1.71. The number of carboxylic acids is 1. The smallest absolute Gasteiger partial charge is 0.341 e. The van der Waals surface area contributed by atoms with Crippen molar-refractivity contribution in [1.82, 2.24) is 26.2 Å². The fourth-order valence-electron chi connectivity index (χ4n) is 7.13. The standard InChI is InChI=1S/C46H60N8O10/c1-4-5-6-7-8-9-10-30-11-14-33(39(25-30)64-28-41(56)57)44(59)51-27-40(55)54(3)42-32-13-16-38(63-22-19-49)35(26-32)34-23-31(12-15-37(34)62-21-18-48)24-36(45(60)50-20-17-47)53-43(58)29(2)52-46(42)61/h11-16,23,25-26,29,36,42H,4-10,18-22,24,27-28,48-49H2,1-3H3,(H,50,60)(H,51,59)(H,52,61)(H,53,58)(H,56,57)/t29-,36?,42?/m0/s1. The number of benzene rings is 3. The van der Waals surface area contributed by atoms with E-state index < -0.39 is 66.8 Å². The van der Waals surface area contributed by atoms with Crippen molar-refractivity contribution in [2.75, 3.05) is 53.0 Å². The number of ether oxygens (including phenoxy) is 3. The molecule has 0 saturated heterocycles. The monoisotopic (exact) mass is 884 g/mol. The number of aryl methyl sites for hydroxylation is 1. The number of carboxylic acid groups (broad SMARTS) is 1. The van der Waals surface area contributed by atoms with E-state index in [1.54, 1.807) is 48.5 Å². The molecule has 0 spiro atoms. The first-order valence-corrected chi connectivity index (χ1v) is 21.5. The number of carbonyl (C=O) groups is 6. The lowest BCUT2D eigenvalue weighted by atomic mass is 9.93. The summed E-state index contributed by atoms with van der Waals surface area (Å²) in [4.78, 5) is 81.4. The average molecular weight is 885 g/mol. The first-order valence-electron chi connectivity index (χ1n) is 21.5. The van der Waals surface area contributed by atoms with Gasteiger partial charge in [-0.15, -0.1) is 0 Å². The quantitative estimate of drug-likeness (QED) is 0.0565. The van der Waals surface area contributed by atoms with E-state index in [2.05, 4.69) is 28.2 Å². The van der Waals surface area contributed by atoms with Gasteiger partial charge in [-0.05, 0) is 72.9 Å². The number of nitrogens with zero attached hydrogens (tertiary/aromatic N) is 2. The molecule has 4 bridgehead atoms. The van der Waals surface area contributed by atoms with Crippen molar-refractivity contribution in [3.05, 3.63) is 76.9 Å². The van der Waals surface area contributed by atoms with Gasteiger partial charge in [0.25, 0.3) is 5.91 Å². The number of fused-ring (bicyclic) bond motifs is 5. The van der Waals surface area contributed by atoms with Crippen LogP contribution in [0.15, 0.2) is 54.6 Å². The molecule has 3 aromatic rings. The SMILES string of the molecule is CCCCCCCCc1ccc(C(=O)NCC(=O)N(C)C2C(=O)N[C@@H](C)C(=O)NC(C(=O)NCC#N)Cc3ccc(OCCN)c(c3)-c3cc2ccc3OCCN)c(OCC(=O)O)c1. The Kier molecular flexibility index (Phi) is 19.8. The van der Waals surface area contributed by atoms with Crippen LogP contribution >= 0.6 is 0 Å². The van der Waals surface area contributed by atoms with Crippen LogP contribution in [0.3, 0.4) is 0 Å². The molecule has 1 heterocycles. The number of nitrogens with two attached hydrogens (primary N) is 2. The second-order valence-corrected chi connectivity index (χ2v) is 15.4. The van der Waals surface area contributed by atoms with E-state index in [9.17, 15) is 33.9 Å². The number of hydrogen-bond acceptors (Lipinski definition) is 12. The Bertz CT molecular complexity index is 2160. The highest BCUT2D eigenvalue weighted by molar-refractivity contribution is 6.00. The number of amides is 5. The maximum atomic E-state index is 14.4. The Hall–Kier alpha value is -6.71. The second kappa shape index (κ2) is 25.4. The number of nitrogens with one attached hydrogen (secondary N) is 4. The molecule has 1 aliphatic heterocycles. The minimum atomic E-state index is -1.40. The predicted molar refractivity (Wildman–Crippen MR) is 237 cm³/mol. The molecule has 5 amide bonds.